The molecule has 2 heterocycles. The minimum atomic E-state index is -0.494. The van der Waals surface area contributed by atoms with E-state index in [1.165, 1.54) is 4.90 Å². The fourth-order valence-corrected chi connectivity index (χ4v) is 2.77. The van der Waals surface area contributed by atoms with E-state index in [4.69, 9.17) is 4.42 Å². The SMILES string of the molecule is C[C@H](Nc1ccc2oc(C3CC3)nc2c1)C(=O)N1CCNC1=O. The molecule has 1 aromatic carbocycles. The molecular weight excluding hydrogens is 296 g/mol. The molecule has 0 unspecified atom stereocenters. The molecule has 1 aliphatic heterocycles. The zero-order chi connectivity index (χ0) is 16.0. The molecule has 120 valence electrons. The molecule has 23 heavy (non-hydrogen) atoms. The third-order valence-electron chi connectivity index (χ3n) is 4.21. The van der Waals surface area contributed by atoms with Gasteiger partial charge in [-0.05, 0) is 38.0 Å². The van der Waals surface area contributed by atoms with E-state index in [-0.39, 0.29) is 11.9 Å². The highest BCUT2D eigenvalue weighted by Crippen LogP contribution is 2.40. The van der Waals surface area contributed by atoms with Gasteiger partial charge in [-0.2, -0.15) is 0 Å². The molecule has 1 aromatic heterocycles. The third kappa shape index (κ3) is 2.62. The highest BCUT2D eigenvalue weighted by molar-refractivity contribution is 5.99. The first-order chi connectivity index (χ1) is 11.1. The van der Waals surface area contributed by atoms with Crippen LogP contribution in [0.5, 0.6) is 0 Å². The van der Waals surface area contributed by atoms with Crippen LogP contribution in [0.1, 0.15) is 31.6 Å². The van der Waals surface area contributed by atoms with E-state index in [9.17, 15) is 9.59 Å². The van der Waals surface area contributed by atoms with Crippen LogP contribution in [-0.4, -0.2) is 41.0 Å². The standard InChI is InChI=1S/C16H18N4O3/c1-9(15(21)20-7-6-17-16(20)22)18-11-4-5-13-12(8-11)19-14(23-13)10-2-3-10/h4-5,8-10,18H,2-3,6-7H2,1H3,(H,17,22)/t9-/m0/s1. The lowest BCUT2D eigenvalue weighted by molar-refractivity contribution is -0.128. The first kappa shape index (κ1) is 14.0. The number of benzene rings is 1. The Balaban J connectivity index is 1.50. The third-order valence-corrected chi connectivity index (χ3v) is 4.21. The molecule has 0 spiro atoms. The number of aromatic nitrogens is 1. The molecule has 0 radical (unpaired) electrons. The molecule has 2 aromatic rings. The topological polar surface area (TPSA) is 87.5 Å². The number of hydrogen-bond donors (Lipinski definition) is 2. The average Bonchev–Trinajstić information content (AvgIpc) is 3.17. The van der Waals surface area contributed by atoms with Crippen molar-refractivity contribution in [3.05, 3.63) is 24.1 Å². The van der Waals surface area contributed by atoms with E-state index in [2.05, 4.69) is 15.6 Å². The van der Waals surface area contributed by atoms with Gasteiger partial charge in [-0.25, -0.2) is 9.78 Å². The lowest BCUT2D eigenvalue weighted by Crippen LogP contribution is -2.43. The fraction of sp³-hybridized carbons (Fsp3) is 0.438. The van der Waals surface area contributed by atoms with E-state index in [1.54, 1.807) is 6.92 Å². The van der Waals surface area contributed by atoms with Gasteiger partial charge in [0, 0.05) is 24.7 Å². The number of oxazole rings is 1. The molecular formula is C16H18N4O3. The predicted octanol–water partition coefficient (Wildman–Crippen LogP) is 2.06. The van der Waals surface area contributed by atoms with Crippen LogP contribution < -0.4 is 10.6 Å². The summed E-state index contributed by atoms with van der Waals surface area (Å²) >= 11 is 0. The normalized spacial score (nSPS) is 19.0. The summed E-state index contributed by atoms with van der Waals surface area (Å²) in [4.78, 5) is 29.6. The van der Waals surface area contributed by atoms with Gasteiger partial charge in [-0.1, -0.05) is 0 Å². The second kappa shape index (κ2) is 5.26. The number of imide groups is 1. The number of anilines is 1. The second-order valence-corrected chi connectivity index (χ2v) is 6.10. The van der Waals surface area contributed by atoms with Crippen LogP contribution in [0, 0.1) is 0 Å². The first-order valence-corrected chi connectivity index (χ1v) is 7.88. The smallest absolute Gasteiger partial charge is 0.324 e. The average molecular weight is 314 g/mol. The molecule has 1 aliphatic carbocycles. The molecule has 2 fully saturated rings. The number of fused-ring (bicyclic) bond motifs is 1. The summed E-state index contributed by atoms with van der Waals surface area (Å²) in [6.07, 6.45) is 2.28. The van der Waals surface area contributed by atoms with Crippen molar-refractivity contribution < 1.29 is 14.0 Å². The number of nitrogens with zero attached hydrogens (tertiary/aromatic N) is 2. The number of carbonyl (C=O) groups excluding carboxylic acids is 2. The van der Waals surface area contributed by atoms with E-state index >= 15 is 0 Å². The van der Waals surface area contributed by atoms with Crippen molar-refractivity contribution in [3.63, 3.8) is 0 Å². The monoisotopic (exact) mass is 314 g/mol. The van der Waals surface area contributed by atoms with Crippen LogP contribution in [0.15, 0.2) is 22.6 Å². The summed E-state index contributed by atoms with van der Waals surface area (Å²) in [7, 11) is 0. The quantitative estimate of drug-likeness (QED) is 0.902. The lowest BCUT2D eigenvalue weighted by Gasteiger charge is -2.19. The second-order valence-electron chi connectivity index (χ2n) is 6.10. The van der Waals surface area contributed by atoms with Gasteiger partial charge in [0.25, 0.3) is 5.91 Å². The van der Waals surface area contributed by atoms with Crippen molar-refractivity contribution in [2.24, 2.45) is 0 Å². The number of urea groups is 1. The number of nitrogens with one attached hydrogen (secondary N) is 2. The highest BCUT2D eigenvalue weighted by atomic mass is 16.3. The Labute approximate surface area is 133 Å². The van der Waals surface area contributed by atoms with Crippen LogP contribution in [0.3, 0.4) is 0 Å². The van der Waals surface area contributed by atoms with Crippen LogP contribution in [0.2, 0.25) is 0 Å². The molecule has 3 amide bonds. The Bertz CT molecular complexity index is 781. The highest BCUT2D eigenvalue weighted by Gasteiger charge is 2.30. The summed E-state index contributed by atoms with van der Waals surface area (Å²) < 4.78 is 5.73. The van der Waals surface area contributed by atoms with Gasteiger partial charge < -0.3 is 15.1 Å². The largest absolute Gasteiger partial charge is 0.440 e. The number of amides is 3. The number of rotatable bonds is 4. The Morgan fingerprint density at radius 2 is 2.30 bits per heavy atom. The maximum absolute atomic E-state index is 12.3. The fourth-order valence-electron chi connectivity index (χ4n) is 2.77. The van der Waals surface area contributed by atoms with Gasteiger partial charge in [0.2, 0.25) is 0 Å². The lowest BCUT2D eigenvalue weighted by atomic mass is 10.2. The van der Waals surface area contributed by atoms with Gasteiger partial charge in [0.15, 0.2) is 11.5 Å². The molecule has 2 N–H and O–H groups in total. The summed E-state index contributed by atoms with van der Waals surface area (Å²) in [6, 6.07) is 4.77. The van der Waals surface area contributed by atoms with Gasteiger partial charge in [-0.15, -0.1) is 0 Å². The minimum Gasteiger partial charge on any atom is -0.440 e. The van der Waals surface area contributed by atoms with E-state index in [0.29, 0.717) is 19.0 Å². The molecule has 4 rings (SSSR count). The molecule has 2 aliphatic rings. The summed E-state index contributed by atoms with van der Waals surface area (Å²) in [5.74, 6) is 1.03. The van der Waals surface area contributed by atoms with Crippen molar-refractivity contribution in [1.29, 1.82) is 0 Å². The molecule has 7 nitrogen and oxygen atoms in total. The van der Waals surface area contributed by atoms with Crippen molar-refractivity contribution in [2.75, 3.05) is 18.4 Å². The zero-order valence-corrected chi connectivity index (χ0v) is 12.8. The molecule has 1 atom stereocenters. The zero-order valence-electron chi connectivity index (χ0n) is 12.8. The number of hydrogen-bond acceptors (Lipinski definition) is 5. The summed E-state index contributed by atoms with van der Waals surface area (Å²) in [6.45, 7) is 2.67. The predicted molar refractivity (Wildman–Crippen MR) is 84.2 cm³/mol. The molecule has 1 saturated heterocycles. The van der Waals surface area contributed by atoms with Crippen molar-refractivity contribution in [1.82, 2.24) is 15.2 Å². The summed E-state index contributed by atoms with van der Waals surface area (Å²) in [5.41, 5.74) is 2.33. The van der Waals surface area contributed by atoms with Crippen LogP contribution >= 0.6 is 0 Å². The van der Waals surface area contributed by atoms with Crippen LogP contribution in [0.4, 0.5) is 10.5 Å². The van der Waals surface area contributed by atoms with E-state index in [0.717, 1.165) is 35.5 Å². The Morgan fingerprint density at radius 1 is 1.48 bits per heavy atom. The van der Waals surface area contributed by atoms with Gasteiger partial charge in [-0.3, -0.25) is 9.69 Å². The van der Waals surface area contributed by atoms with Gasteiger partial charge in [0.1, 0.15) is 11.6 Å². The Hall–Kier alpha value is -2.57. The minimum absolute atomic E-state index is 0.237. The molecule has 1 saturated carbocycles. The van der Waals surface area contributed by atoms with Gasteiger partial charge in [0.05, 0.1) is 0 Å². The Kier molecular flexibility index (Phi) is 3.21. The maximum Gasteiger partial charge on any atom is 0.324 e. The molecule has 0 bridgehead atoms. The van der Waals surface area contributed by atoms with E-state index < -0.39 is 6.04 Å². The van der Waals surface area contributed by atoms with Gasteiger partial charge >= 0.3 is 6.03 Å². The van der Waals surface area contributed by atoms with Crippen molar-refractivity contribution in [3.8, 4) is 0 Å². The number of carbonyl (C=O) groups is 2. The Morgan fingerprint density at radius 3 is 3.00 bits per heavy atom. The molecule has 7 heteroatoms. The first-order valence-electron chi connectivity index (χ1n) is 7.88. The van der Waals surface area contributed by atoms with Crippen molar-refractivity contribution in [2.45, 2.75) is 31.7 Å². The van der Waals surface area contributed by atoms with Crippen LogP contribution in [0.25, 0.3) is 11.1 Å². The van der Waals surface area contributed by atoms with E-state index in [1.807, 2.05) is 18.2 Å². The van der Waals surface area contributed by atoms with Crippen LogP contribution in [-0.2, 0) is 4.79 Å². The summed E-state index contributed by atoms with van der Waals surface area (Å²) in [5, 5.41) is 5.76. The maximum atomic E-state index is 12.3. The van der Waals surface area contributed by atoms with Crippen molar-refractivity contribution >= 4 is 28.7 Å².